The van der Waals surface area contributed by atoms with Crippen molar-refractivity contribution in [2.24, 2.45) is 0 Å². The van der Waals surface area contributed by atoms with Crippen LogP contribution < -0.4 is 16.2 Å². The standard InChI is InChI=1S/C26H27N3O4S/c30-23(15-16-25(32)33-17-7-10-19-8-2-1-3-9-19)27-26(34)29-28-24(31)18-21-13-6-12-20-11-4-5-14-22(20)21/h1-6,8-9,11-14H,7,10,15-18H2,(H,28,31)(H2,27,29,30,34). The fourth-order valence-corrected chi connectivity index (χ4v) is 3.57. The summed E-state index contributed by atoms with van der Waals surface area (Å²) in [5.74, 6) is -1.18. The van der Waals surface area contributed by atoms with Gasteiger partial charge >= 0.3 is 5.97 Å². The highest BCUT2D eigenvalue weighted by molar-refractivity contribution is 7.80. The Morgan fingerprint density at radius 3 is 2.35 bits per heavy atom. The number of fused-ring (bicyclic) bond motifs is 1. The van der Waals surface area contributed by atoms with Crippen molar-refractivity contribution in [3.05, 3.63) is 83.9 Å². The Balaban J connectivity index is 1.29. The summed E-state index contributed by atoms with van der Waals surface area (Å²) >= 11 is 5.03. The predicted octanol–water partition coefficient (Wildman–Crippen LogP) is 3.36. The first-order valence-corrected chi connectivity index (χ1v) is 11.5. The Hall–Kier alpha value is -3.78. The van der Waals surface area contributed by atoms with Gasteiger partial charge in [0.25, 0.3) is 0 Å². The second-order valence-corrected chi connectivity index (χ2v) is 8.08. The molecule has 3 rings (SSSR count). The van der Waals surface area contributed by atoms with E-state index in [0.29, 0.717) is 13.0 Å². The molecule has 0 saturated carbocycles. The van der Waals surface area contributed by atoms with Gasteiger partial charge in [-0.2, -0.15) is 0 Å². The lowest BCUT2D eigenvalue weighted by Crippen LogP contribution is -2.48. The first kappa shape index (κ1) is 24.9. The molecule has 0 saturated heterocycles. The van der Waals surface area contributed by atoms with Gasteiger partial charge in [-0.1, -0.05) is 72.8 Å². The molecule has 34 heavy (non-hydrogen) atoms. The summed E-state index contributed by atoms with van der Waals surface area (Å²) < 4.78 is 5.16. The molecular formula is C26H27N3O4S. The number of amides is 2. The number of hydrogen-bond donors (Lipinski definition) is 3. The average molecular weight is 478 g/mol. The van der Waals surface area contributed by atoms with Crippen LogP contribution in [0.1, 0.15) is 30.4 Å². The number of carbonyl (C=O) groups excluding carboxylic acids is 3. The average Bonchev–Trinajstić information content (AvgIpc) is 2.85. The van der Waals surface area contributed by atoms with Gasteiger partial charge in [0, 0.05) is 6.42 Å². The van der Waals surface area contributed by atoms with Crippen LogP contribution in [0.5, 0.6) is 0 Å². The van der Waals surface area contributed by atoms with E-state index in [9.17, 15) is 14.4 Å². The van der Waals surface area contributed by atoms with Gasteiger partial charge in [-0.25, -0.2) is 0 Å². The first-order valence-electron chi connectivity index (χ1n) is 11.1. The number of thiocarbonyl (C=S) groups is 1. The van der Waals surface area contributed by atoms with Crippen molar-refractivity contribution < 1.29 is 19.1 Å². The molecular weight excluding hydrogens is 450 g/mol. The van der Waals surface area contributed by atoms with E-state index in [-0.39, 0.29) is 30.3 Å². The van der Waals surface area contributed by atoms with Crippen LogP contribution in [-0.2, 0) is 32.0 Å². The molecule has 0 aliphatic rings. The zero-order valence-electron chi connectivity index (χ0n) is 18.7. The highest BCUT2D eigenvalue weighted by atomic mass is 32.1. The maximum Gasteiger partial charge on any atom is 0.306 e. The number of carbonyl (C=O) groups is 3. The summed E-state index contributed by atoms with van der Waals surface area (Å²) in [5, 5.41) is 4.44. The van der Waals surface area contributed by atoms with Gasteiger partial charge in [0.2, 0.25) is 11.8 Å². The SMILES string of the molecule is O=C(Cc1cccc2ccccc12)NNC(=S)NC(=O)CCC(=O)OCCCc1ccccc1. The van der Waals surface area contributed by atoms with Crippen LogP contribution in [0.15, 0.2) is 72.8 Å². The number of hydrazine groups is 1. The molecule has 0 aliphatic carbocycles. The first-order chi connectivity index (χ1) is 16.5. The number of benzene rings is 3. The van der Waals surface area contributed by atoms with Gasteiger partial charge in [-0.05, 0) is 47.0 Å². The third-order valence-corrected chi connectivity index (χ3v) is 5.28. The minimum absolute atomic E-state index is 0.0484. The predicted molar refractivity (Wildman–Crippen MR) is 135 cm³/mol. The number of aryl methyl sites for hydroxylation is 1. The maximum absolute atomic E-state index is 12.3. The highest BCUT2D eigenvalue weighted by Gasteiger charge is 2.11. The molecule has 0 aliphatic heterocycles. The zero-order chi connectivity index (χ0) is 24.2. The van der Waals surface area contributed by atoms with Crippen LogP contribution >= 0.6 is 12.2 Å². The number of esters is 1. The number of rotatable bonds is 9. The second kappa shape index (κ2) is 13.1. The van der Waals surface area contributed by atoms with Gasteiger partial charge < -0.3 is 10.1 Å². The Morgan fingerprint density at radius 1 is 0.794 bits per heavy atom. The van der Waals surface area contributed by atoms with Gasteiger partial charge in [-0.15, -0.1) is 0 Å². The molecule has 176 valence electrons. The maximum atomic E-state index is 12.3. The van der Waals surface area contributed by atoms with Gasteiger partial charge in [-0.3, -0.25) is 25.2 Å². The zero-order valence-corrected chi connectivity index (χ0v) is 19.5. The van der Waals surface area contributed by atoms with Crippen molar-refractivity contribution in [1.29, 1.82) is 0 Å². The van der Waals surface area contributed by atoms with Gasteiger partial charge in [0.1, 0.15) is 0 Å². The lowest BCUT2D eigenvalue weighted by Gasteiger charge is -2.11. The smallest absolute Gasteiger partial charge is 0.306 e. The van der Waals surface area contributed by atoms with Crippen LogP contribution in [0.3, 0.4) is 0 Å². The Kier molecular flexibility index (Phi) is 9.54. The lowest BCUT2D eigenvalue weighted by atomic mass is 10.0. The molecule has 7 nitrogen and oxygen atoms in total. The van der Waals surface area contributed by atoms with Gasteiger partial charge in [0.15, 0.2) is 5.11 Å². The van der Waals surface area contributed by atoms with Gasteiger partial charge in [0.05, 0.1) is 19.4 Å². The fraction of sp³-hybridized carbons (Fsp3) is 0.231. The van der Waals surface area contributed by atoms with E-state index < -0.39 is 11.9 Å². The quantitative estimate of drug-likeness (QED) is 0.189. The lowest BCUT2D eigenvalue weighted by molar-refractivity contribution is -0.145. The summed E-state index contributed by atoms with van der Waals surface area (Å²) in [6, 6.07) is 23.5. The van der Waals surface area contributed by atoms with Crippen molar-refractivity contribution >= 4 is 45.9 Å². The fourth-order valence-electron chi connectivity index (χ4n) is 3.41. The molecule has 0 unspecified atom stereocenters. The van der Waals surface area contributed by atoms with E-state index in [1.807, 2.05) is 72.8 Å². The van der Waals surface area contributed by atoms with E-state index in [1.54, 1.807) is 0 Å². The number of hydrogen-bond acceptors (Lipinski definition) is 5. The van der Waals surface area contributed by atoms with E-state index >= 15 is 0 Å². The molecule has 2 amide bonds. The summed E-state index contributed by atoms with van der Waals surface area (Å²) in [6.07, 6.45) is 1.58. The van der Waals surface area contributed by atoms with Crippen molar-refractivity contribution in [3.8, 4) is 0 Å². The Morgan fingerprint density at radius 2 is 1.53 bits per heavy atom. The molecule has 0 atom stereocenters. The topological polar surface area (TPSA) is 96.5 Å². The van der Waals surface area contributed by atoms with E-state index in [4.69, 9.17) is 17.0 Å². The summed E-state index contributed by atoms with van der Waals surface area (Å²) in [5.41, 5.74) is 7.06. The molecule has 3 aromatic carbocycles. The summed E-state index contributed by atoms with van der Waals surface area (Å²) in [7, 11) is 0. The van der Waals surface area contributed by atoms with Crippen molar-refractivity contribution in [3.63, 3.8) is 0 Å². The van der Waals surface area contributed by atoms with Crippen LogP contribution in [-0.4, -0.2) is 29.5 Å². The number of ether oxygens (including phenoxy) is 1. The molecule has 8 heteroatoms. The Bertz CT molecular complexity index is 1150. The van der Waals surface area contributed by atoms with Crippen molar-refractivity contribution in [1.82, 2.24) is 16.2 Å². The van der Waals surface area contributed by atoms with E-state index in [2.05, 4.69) is 16.2 Å². The molecule has 0 bridgehead atoms. The molecule has 3 aromatic rings. The summed E-state index contributed by atoms with van der Waals surface area (Å²) in [6.45, 7) is 0.304. The molecule has 0 aromatic heterocycles. The highest BCUT2D eigenvalue weighted by Crippen LogP contribution is 2.18. The molecule has 0 fully saturated rings. The minimum atomic E-state index is -0.443. The molecule has 0 radical (unpaired) electrons. The van der Waals surface area contributed by atoms with Crippen molar-refractivity contribution in [2.75, 3.05) is 6.61 Å². The minimum Gasteiger partial charge on any atom is -0.466 e. The van der Waals surface area contributed by atoms with Crippen molar-refractivity contribution in [2.45, 2.75) is 32.1 Å². The van der Waals surface area contributed by atoms with Crippen LogP contribution in [0.4, 0.5) is 0 Å². The third-order valence-electron chi connectivity index (χ3n) is 5.07. The normalized spacial score (nSPS) is 10.4. The molecule has 3 N–H and O–H groups in total. The molecule has 0 spiro atoms. The third kappa shape index (κ3) is 8.29. The summed E-state index contributed by atoms with van der Waals surface area (Å²) in [4.78, 5) is 36.1. The monoisotopic (exact) mass is 477 g/mol. The van der Waals surface area contributed by atoms with Crippen LogP contribution in [0.25, 0.3) is 10.8 Å². The largest absolute Gasteiger partial charge is 0.466 e. The van der Waals surface area contributed by atoms with E-state index in [0.717, 1.165) is 22.8 Å². The van der Waals surface area contributed by atoms with E-state index in [1.165, 1.54) is 5.56 Å². The Labute approximate surface area is 203 Å². The van der Waals surface area contributed by atoms with Crippen LogP contribution in [0.2, 0.25) is 0 Å². The second-order valence-electron chi connectivity index (χ2n) is 7.68. The number of nitrogens with one attached hydrogen (secondary N) is 3. The molecule has 0 heterocycles. The van der Waals surface area contributed by atoms with Crippen LogP contribution in [0, 0.1) is 0 Å².